The Morgan fingerprint density at radius 3 is 2.54 bits per heavy atom. The molecule has 1 aromatic carbocycles. The van der Waals surface area contributed by atoms with E-state index in [0.29, 0.717) is 11.1 Å². The second-order valence-electron chi connectivity index (χ2n) is 2.80. The third-order valence-electron chi connectivity index (χ3n) is 1.89. The van der Waals surface area contributed by atoms with E-state index in [9.17, 15) is 10.2 Å². The van der Waals surface area contributed by atoms with Crippen LogP contribution in [0.5, 0.6) is 5.75 Å². The lowest BCUT2D eigenvalue weighted by molar-refractivity contribution is 0.186. The van der Waals surface area contributed by atoms with Crippen molar-refractivity contribution in [2.45, 2.75) is 12.7 Å². The maximum absolute atomic E-state index is 9.32. The second-order valence-corrected chi connectivity index (χ2v) is 2.80. The summed E-state index contributed by atoms with van der Waals surface area (Å²) in [5.74, 6) is -0.0208. The summed E-state index contributed by atoms with van der Waals surface area (Å²) in [6.07, 6.45) is -0.765. The molecule has 72 valence electrons. The van der Waals surface area contributed by atoms with Crippen LogP contribution in [0.3, 0.4) is 0 Å². The SMILES string of the molecule is NCC(O)c1ccc(CO)c(O)c1. The Morgan fingerprint density at radius 2 is 2.08 bits per heavy atom. The highest BCUT2D eigenvalue weighted by atomic mass is 16.3. The molecule has 13 heavy (non-hydrogen) atoms. The summed E-state index contributed by atoms with van der Waals surface area (Å²) in [7, 11) is 0. The molecule has 0 bridgehead atoms. The molecule has 1 atom stereocenters. The van der Waals surface area contributed by atoms with Crippen LogP contribution < -0.4 is 5.73 Å². The van der Waals surface area contributed by atoms with Gasteiger partial charge >= 0.3 is 0 Å². The molecule has 0 heterocycles. The van der Waals surface area contributed by atoms with Crippen molar-refractivity contribution in [2.24, 2.45) is 5.73 Å². The monoisotopic (exact) mass is 183 g/mol. The average molecular weight is 183 g/mol. The maximum Gasteiger partial charge on any atom is 0.121 e. The normalized spacial score (nSPS) is 12.8. The first-order valence-electron chi connectivity index (χ1n) is 3.99. The molecular weight excluding hydrogens is 170 g/mol. The molecule has 0 saturated heterocycles. The highest BCUT2D eigenvalue weighted by molar-refractivity contribution is 5.36. The summed E-state index contributed by atoms with van der Waals surface area (Å²) in [4.78, 5) is 0. The molecule has 1 rings (SSSR count). The van der Waals surface area contributed by atoms with Gasteiger partial charge in [0.05, 0.1) is 12.7 Å². The molecule has 0 saturated carbocycles. The van der Waals surface area contributed by atoms with Crippen molar-refractivity contribution in [3.63, 3.8) is 0 Å². The summed E-state index contributed by atoms with van der Waals surface area (Å²) in [6.45, 7) is -0.108. The number of aliphatic hydroxyl groups is 2. The van der Waals surface area contributed by atoms with Crippen molar-refractivity contribution in [1.82, 2.24) is 0 Å². The zero-order valence-corrected chi connectivity index (χ0v) is 7.14. The van der Waals surface area contributed by atoms with Gasteiger partial charge in [-0.05, 0) is 11.6 Å². The zero-order valence-electron chi connectivity index (χ0n) is 7.14. The molecule has 0 amide bonds. The van der Waals surface area contributed by atoms with E-state index in [0.717, 1.165) is 0 Å². The lowest BCUT2D eigenvalue weighted by Crippen LogP contribution is -2.11. The van der Waals surface area contributed by atoms with Gasteiger partial charge in [0.1, 0.15) is 5.75 Å². The minimum Gasteiger partial charge on any atom is -0.508 e. The van der Waals surface area contributed by atoms with Gasteiger partial charge in [-0.15, -0.1) is 0 Å². The fourth-order valence-electron chi connectivity index (χ4n) is 1.06. The topological polar surface area (TPSA) is 86.7 Å². The number of hydrogen-bond donors (Lipinski definition) is 4. The number of aromatic hydroxyl groups is 1. The van der Waals surface area contributed by atoms with E-state index in [1.807, 2.05) is 0 Å². The standard InChI is InChI=1S/C9H13NO3/c10-4-9(13)6-1-2-7(5-11)8(12)3-6/h1-3,9,11-13H,4-5,10H2. The second kappa shape index (κ2) is 4.23. The summed E-state index contributed by atoms with van der Waals surface area (Å²) in [5.41, 5.74) is 6.23. The maximum atomic E-state index is 9.32. The van der Waals surface area contributed by atoms with Crippen molar-refractivity contribution in [2.75, 3.05) is 6.54 Å². The van der Waals surface area contributed by atoms with Crippen LogP contribution in [0.4, 0.5) is 0 Å². The first-order chi connectivity index (χ1) is 6.19. The Hall–Kier alpha value is -1.10. The average Bonchev–Trinajstić information content (AvgIpc) is 2.16. The number of aliphatic hydroxyl groups excluding tert-OH is 2. The van der Waals surface area contributed by atoms with Gasteiger partial charge in [-0.25, -0.2) is 0 Å². The molecule has 4 nitrogen and oxygen atoms in total. The van der Waals surface area contributed by atoms with E-state index >= 15 is 0 Å². The Kier molecular flexibility index (Phi) is 3.25. The molecule has 0 aliphatic carbocycles. The summed E-state index contributed by atoms with van der Waals surface area (Å²) < 4.78 is 0. The smallest absolute Gasteiger partial charge is 0.121 e. The molecule has 1 unspecified atom stereocenters. The Morgan fingerprint density at radius 1 is 1.38 bits per heavy atom. The fraction of sp³-hybridized carbons (Fsp3) is 0.333. The van der Waals surface area contributed by atoms with Crippen molar-refractivity contribution < 1.29 is 15.3 Å². The minimum absolute atomic E-state index is 0.0208. The lowest BCUT2D eigenvalue weighted by atomic mass is 10.1. The number of nitrogens with two attached hydrogens (primary N) is 1. The first kappa shape index (κ1) is 9.98. The number of rotatable bonds is 3. The number of phenols is 1. The van der Waals surface area contributed by atoms with Crippen LogP contribution >= 0.6 is 0 Å². The minimum atomic E-state index is -0.765. The van der Waals surface area contributed by atoms with Gasteiger partial charge in [0.25, 0.3) is 0 Å². The van der Waals surface area contributed by atoms with E-state index in [-0.39, 0.29) is 18.9 Å². The van der Waals surface area contributed by atoms with Crippen LogP contribution in [-0.2, 0) is 6.61 Å². The van der Waals surface area contributed by atoms with E-state index in [2.05, 4.69) is 0 Å². The van der Waals surface area contributed by atoms with Gasteiger partial charge in [0, 0.05) is 12.1 Å². The number of benzene rings is 1. The largest absolute Gasteiger partial charge is 0.508 e. The summed E-state index contributed by atoms with van der Waals surface area (Å²) in [5, 5.41) is 27.4. The predicted octanol–water partition coefficient (Wildman–Crippen LogP) is -0.123. The van der Waals surface area contributed by atoms with Gasteiger partial charge in [0.15, 0.2) is 0 Å². The molecule has 0 spiro atoms. The first-order valence-corrected chi connectivity index (χ1v) is 3.99. The molecule has 0 fully saturated rings. The molecular formula is C9H13NO3. The van der Waals surface area contributed by atoms with Gasteiger partial charge in [-0.1, -0.05) is 12.1 Å². The summed E-state index contributed by atoms with van der Waals surface area (Å²) >= 11 is 0. The third-order valence-corrected chi connectivity index (χ3v) is 1.89. The molecule has 0 radical (unpaired) electrons. The van der Waals surface area contributed by atoms with Crippen LogP contribution in [0.1, 0.15) is 17.2 Å². The molecule has 5 N–H and O–H groups in total. The van der Waals surface area contributed by atoms with Gasteiger partial charge < -0.3 is 21.1 Å². The van der Waals surface area contributed by atoms with Gasteiger partial charge in [0.2, 0.25) is 0 Å². The quantitative estimate of drug-likeness (QED) is 0.526. The molecule has 0 aliphatic heterocycles. The number of hydrogen-bond acceptors (Lipinski definition) is 4. The Labute approximate surface area is 76.2 Å². The highest BCUT2D eigenvalue weighted by Crippen LogP contribution is 2.22. The Bertz CT molecular complexity index is 288. The molecule has 0 aliphatic rings. The predicted molar refractivity (Wildman–Crippen MR) is 48.0 cm³/mol. The van der Waals surface area contributed by atoms with Gasteiger partial charge in [-0.3, -0.25) is 0 Å². The van der Waals surface area contributed by atoms with Crippen molar-refractivity contribution in [3.8, 4) is 5.75 Å². The summed E-state index contributed by atoms with van der Waals surface area (Å²) in [6, 6.07) is 4.59. The van der Waals surface area contributed by atoms with Crippen molar-refractivity contribution in [1.29, 1.82) is 0 Å². The fourth-order valence-corrected chi connectivity index (χ4v) is 1.06. The molecule has 0 aromatic heterocycles. The van der Waals surface area contributed by atoms with Crippen LogP contribution in [-0.4, -0.2) is 21.9 Å². The van der Waals surface area contributed by atoms with Crippen LogP contribution in [0.2, 0.25) is 0 Å². The van der Waals surface area contributed by atoms with Crippen LogP contribution in [0.15, 0.2) is 18.2 Å². The van der Waals surface area contributed by atoms with Crippen molar-refractivity contribution in [3.05, 3.63) is 29.3 Å². The van der Waals surface area contributed by atoms with E-state index in [1.165, 1.54) is 6.07 Å². The highest BCUT2D eigenvalue weighted by Gasteiger charge is 2.07. The molecule has 4 heteroatoms. The lowest BCUT2D eigenvalue weighted by Gasteiger charge is -2.09. The van der Waals surface area contributed by atoms with Crippen LogP contribution in [0.25, 0.3) is 0 Å². The van der Waals surface area contributed by atoms with Crippen LogP contribution in [0, 0.1) is 0 Å². The zero-order chi connectivity index (χ0) is 9.84. The van der Waals surface area contributed by atoms with E-state index in [1.54, 1.807) is 12.1 Å². The Balaban J connectivity index is 2.95. The van der Waals surface area contributed by atoms with E-state index < -0.39 is 6.10 Å². The van der Waals surface area contributed by atoms with E-state index in [4.69, 9.17) is 10.8 Å². The van der Waals surface area contributed by atoms with Gasteiger partial charge in [-0.2, -0.15) is 0 Å². The molecule has 1 aromatic rings. The third kappa shape index (κ3) is 2.18. The van der Waals surface area contributed by atoms with Crippen molar-refractivity contribution >= 4 is 0 Å².